The minimum absolute atomic E-state index is 0.195. The first-order chi connectivity index (χ1) is 18.8. The van der Waals surface area contributed by atoms with Gasteiger partial charge in [-0.15, -0.1) is 0 Å². The van der Waals surface area contributed by atoms with Gasteiger partial charge in [-0.05, 0) is 133 Å². The lowest BCUT2D eigenvalue weighted by Crippen LogP contribution is -2.25. The first-order valence-electron chi connectivity index (χ1n) is 14.5. The van der Waals surface area contributed by atoms with Gasteiger partial charge in [0.25, 0.3) is 0 Å². The van der Waals surface area contributed by atoms with Crippen molar-refractivity contribution in [3.8, 4) is 0 Å². The van der Waals surface area contributed by atoms with Crippen LogP contribution in [-0.2, 0) is 35.2 Å². The summed E-state index contributed by atoms with van der Waals surface area (Å²) >= 11 is 3.59. The smallest absolute Gasteiger partial charge is 0.355 e. The quantitative estimate of drug-likeness (QED) is 0.288. The molecule has 0 atom stereocenters. The summed E-state index contributed by atoms with van der Waals surface area (Å²) in [4.78, 5) is 34.0. The lowest BCUT2D eigenvalue weighted by Gasteiger charge is -2.23. The average molecular weight is 610 g/mol. The van der Waals surface area contributed by atoms with Crippen molar-refractivity contribution in [2.24, 2.45) is 0 Å². The van der Waals surface area contributed by atoms with Crippen molar-refractivity contribution in [1.82, 2.24) is 9.97 Å². The average Bonchev–Trinajstić information content (AvgIpc) is 3.44. The van der Waals surface area contributed by atoms with Crippen LogP contribution in [0.3, 0.4) is 0 Å². The number of hydrogen-bond donors (Lipinski definition) is 2. The Kier molecular flexibility index (Phi) is 7.81. The summed E-state index contributed by atoms with van der Waals surface area (Å²) in [5.74, 6) is -0.817. The topological polar surface area (TPSA) is 84.2 Å². The number of hydrogen-bond acceptors (Lipinski definition) is 4. The zero-order chi connectivity index (χ0) is 28.8. The molecule has 6 nitrogen and oxygen atoms in total. The summed E-state index contributed by atoms with van der Waals surface area (Å²) in [6.07, 6.45) is 7.74. The summed E-state index contributed by atoms with van der Waals surface area (Å²) in [5.41, 5.74) is 7.65. The molecule has 0 radical (unpaired) electrons. The van der Waals surface area contributed by atoms with E-state index in [0.717, 1.165) is 83.9 Å². The molecule has 7 heteroatoms. The molecule has 0 bridgehead atoms. The third kappa shape index (κ3) is 5.95. The fourth-order valence-corrected chi connectivity index (χ4v) is 6.42. The van der Waals surface area contributed by atoms with E-state index >= 15 is 0 Å². The van der Waals surface area contributed by atoms with Gasteiger partial charge in [0.1, 0.15) is 22.6 Å². The molecule has 2 N–H and O–H groups in total. The Morgan fingerprint density at radius 1 is 0.675 bits per heavy atom. The van der Waals surface area contributed by atoms with Crippen molar-refractivity contribution in [3.63, 3.8) is 0 Å². The normalized spacial score (nSPS) is 15.5. The molecule has 214 valence electrons. The lowest BCUT2D eigenvalue weighted by atomic mass is 9.82. The van der Waals surface area contributed by atoms with E-state index in [1.54, 1.807) is 0 Å². The molecule has 0 saturated carbocycles. The van der Waals surface area contributed by atoms with Crippen molar-refractivity contribution in [2.75, 3.05) is 0 Å². The Morgan fingerprint density at radius 2 is 1.05 bits per heavy atom. The first-order valence-corrected chi connectivity index (χ1v) is 15.3. The zero-order valence-corrected chi connectivity index (χ0v) is 26.1. The van der Waals surface area contributed by atoms with Crippen LogP contribution in [0.4, 0.5) is 0 Å². The van der Waals surface area contributed by atoms with Gasteiger partial charge in [0.15, 0.2) is 0 Å². The third-order valence-electron chi connectivity index (χ3n) is 7.70. The van der Waals surface area contributed by atoms with Gasteiger partial charge in [0.05, 0.1) is 5.92 Å². The Morgan fingerprint density at radius 3 is 1.43 bits per heavy atom. The minimum Gasteiger partial charge on any atom is -0.455 e. The predicted octanol–water partition coefficient (Wildman–Crippen LogP) is 7.95. The van der Waals surface area contributed by atoms with E-state index in [1.807, 2.05) is 41.5 Å². The van der Waals surface area contributed by atoms with E-state index in [-0.39, 0.29) is 17.9 Å². The van der Waals surface area contributed by atoms with E-state index in [2.05, 4.69) is 50.2 Å². The fraction of sp³-hybridized carbons (Fsp3) is 0.515. The van der Waals surface area contributed by atoms with Crippen molar-refractivity contribution >= 4 is 27.9 Å². The minimum atomic E-state index is -0.587. The number of aromatic nitrogens is 2. The Hall–Kier alpha value is -2.80. The van der Waals surface area contributed by atoms with Gasteiger partial charge in [-0.3, -0.25) is 0 Å². The largest absolute Gasteiger partial charge is 0.455 e. The second-order valence-corrected chi connectivity index (χ2v) is 14.1. The highest BCUT2D eigenvalue weighted by Gasteiger charge is 2.36. The lowest BCUT2D eigenvalue weighted by molar-refractivity contribution is 0.00498. The van der Waals surface area contributed by atoms with E-state index in [9.17, 15) is 9.59 Å². The molecule has 0 fully saturated rings. The van der Waals surface area contributed by atoms with E-state index in [4.69, 9.17) is 9.47 Å². The van der Waals surface area contributed by atoms with E-state index < -0.39 is 11.2 Å². The highest BCUT2D eigenvalue weighted by atomic mass is 79.9. The van der Waals surface area contributed by atoms with Crippen LogP contribution in [0.25, 0.3) is 0 Å². The molecule has 2 aromatic heterocycles. The van der Waals surface area contributed by atoms with Gasteiger partial charge in [0, 0.05) is 15.9 Å². The number of benzene rings is 1. The summed E-state index contributed by atoms with van der Waals surface area (Å²) in [6, 6.07) is 8.36. The highest BCUT2D eigenvalue weighted by molar-refractivity contribution is 9.10. The maximum absolute atomic E-state index is 13.4. The summed E-state index contributed by atoms with van der Waals surface area (Å²) < 4.78 is 12.7. The highest BCUT2D eigenvalue weighted by Crippen LogP contribution is 2.43. The van der Waals surface area contributed by atoms with Gasteiger partial charge in [-0.2, -0.15) is 0 Å². The van der Waals surface area contributed by atoms with Crippen molar-refractivity contribution in [1.29, 1.82) is 0 Å². The number of nitrogens with one attached hydrogen (secondary N) is 2. The van der Waals surface area contributed by atoms with Gasteiger partial charge < -0.3 is 19.4 Å². The fourth-order valence-electron chi connectivity index (χ4n) is 6.16. The molecular weight excluding hydrogens is 568 g/mol. The van der Waals surface area contributed by atoms with Gasteiger partial charge in [-0.25, -0.2) is 9.59 Å². The first kappa shape index (κ1) is 28.7. The molecule has 2 heterocycles. The van der Waals surface area contributed by atoms with Crippen LogP contribution in [0, 0.1) is 0 Å². The molecule has 0 aliphatic heterocycles. The number of carbonyl (C=O) groups excluding carboxylic acids is 2. The molecular formula is C33H41BrN2O4. The molecule has 0 saturated heterocycles. The Bertz CT molecular complexity index is 1330. The third-order valence-corrected chi connectivity index (χ3v) is 8.22. The number of halogens is 1. The number of fused-ring (bicyclic) bond motifs is 2. The Balaban J connectivity index is 1.71. The van der Waals surface area contributed by atoms with E-state index in [0.29, 0.717) is 11.4 Å². The van der Waals surface area contributed by atoms with Crippen LogP contribution < -0.4 is 0 Å². The SMILES string of the molecule is CC(C)(C)OC(=O)c1[nH]c(C(c2ccc(Br)cc2)c2[nH]c(C(=O)OC(C)(C)C)c3c2CCCC3)c2c1CCCC2. The number of ether oxygens (including phenoxy) is 2. The van der Waals surface area contributed by atoms with Crippen molar-refractivity contribution < 1.29 is 19.1 Å². The number of H-pyrrole nitrogens is 2. The molecule has 2 aliphatic carbocycles. The summed E-state index contributed by atoms with van der Waals surface area (Å²) in [6.45, 7) is 11.4. The molecule has 0 spiro atoms. The maximum Gasteiger partial charge on any atom is 0.355 e. The maximum atomic E-state index is 13.4. The summed E-state index contributed by atoms with van der Waals surface area (Å²) in [5, 5.41) is 0. The second-order valence-electron chi connectivity index (χ2n) is 13.1. The molecule has 3 aromatic rings. The standard InChI is InChI=1S/C33H41BrN2O4/c1-32(2,3)39-30(37)28-23-13-9-7-11-21(23)26(35-28)25(19-15-17-20(34)18-16-19)27-22-12-8-10-14-24(22)29(36-27)31(38)40-33(4,5)6/h15-18,25,35-36H,7-14H2,1-6H3. The number of esters is 2. The molecule has 0 amide bonds. The van der Waals surface area contributed by atoms with Crippen LogP contribution in [0.1, 0.15) is 133 Å². The monoisotopic (exact) mass is 608 g/mol. The number of rotatable bonds is 5. The van der Waals surface area contributed by atoms with Gasteiger partial charge in [-0.1, -0.05) is 28.1 Å². The number of carbonyl (C=O) groups is 2. The van der Waals surface area contributed by atoms with Crippen LogP contribution in [0.15, 0.2) is 28.7 Å². The van der Waals surface area contributed by atoms with E-state index in [1.165, 1.54) is 11.1 Å². The zero-order valence-electron chi connectivity index (χ0n) is 24.6. The summed E-state index contributed by atoms with van der Waals surface area (Å²) in [7, 11) is 0. The van der Waals surface area contributed by atoms with Crippen molar-refractivity contribution in [2.45, 2.75) is 110 Å². The van der Waals surface area contributed by atoms with Crippen LogP contribution in [0.5, 0.6) is 0 Å². The Labute approximate surface area is 245 Å². The molecule has 5 rings (SSSR count). The van der Waals surface area contributed by atoms with Gasteiger partial charge >= 0.3 is 11.9 Å². The van der Waals surface area contributed by atoms with Crippen LogP contribution >= 0.6 is 15.9 Å². The molecule has 40 heavy (non-hydrogen) atoms. The molecule has 2 aliphatic rings. The van der Waals surface area contributed by atoms with Crippen LogP contribution in [0.2, 0.25) is 0 Å². The molecule has 1 aromatic carbocycles. The van der Waals surface area contributed by atoms with Gasteiger partial charge in [0.2, 0.25) is 0 Å². The predicted molar refractivity (Wildman–Crippen MR) is 160 cm³/mol. The second kappa shape index (κ2) is 10.9. The number of aromatic amines is 2. The molecule has 0 unspecified atom stereocenters. The van der Waals surface area contributed by atoms with Crippen LogP contribution in [-0.4, -0.2) is 33.1 Å². The van der Waals surface area contributed by atoms with Crippen molar-refractivity contribution in [3.05, 3.63) is 79.3 Å².